The smallest absolute Gasteiger partial charge is 0.326 e. The summed E-state index contributed by atoms with van der Waals surface area (Å²) in [6.45, 7) is 8.45. The van der Waals surface area contributed by atoms with Crippen LogP contribution in [-0.2, 0) is 67.1 Å². The number of unbranched alkanes of at least 4 members (excludes halogenated alkanes) is 1. The number of urea groups is 1. The minimum absolute atomic E-state index is 0.00248. The van der Waals surface area contributed by atoms with Crippen LogP contribution in [-0.4, -0.2) is 297 Å². The molecule has 578 valence electrons. The van der Waals surface area contributed by atoms with E-state index in [9.17, 15) is 118 Å². The van der Waals surface area contributed by atoms with Gasteiger partial charge in [0.15, 0.2) is 0 Å². The van der Waals surface area contributed by atoms with Crippen molar-refractivity contribution in [1.82, 2.24) is 62.1 Å². The summed E-state index contributed by atoms with van der Waals surface area (Å²) in [5.41, 5.74) is 0.0386. The molecule has 1 aliphatic heterocycles. The van der Waals surface area contributed by atoms with Gasteiger partial charge in [0.05, 0.1) is 19.6 Å². The molecule has 6 atom stereocenters. The zero-order valence-corrected chi connectivity index (χ0v) is 59.8. The van der Waals surface area contributed by atoms with Gasteiger partial charge in [0, 0.05) is 110 Å². The first-order valence-corrected chi connectivity index (χ1v) is 35.4. The number of carbonyl (C=O) groups is 16. The molecule has 39 heteroatoms. The van der Waals surface area contributed by atoms with Crippen LogP contribution in [0.2, 0.25) is 10.1 Å². The van der Waals surface area contributed by atoms with Crippen LogP contribution in [0.25, 0.3) is 0 Å². The van der Waals surface area contributed by atoms with Crippen LogP contribution in [0.5, 0.6) is 0 Å². The molecule has 0 aliphatic carbocycles. The van der Waals surface area contributed by atoms with E-state index in [1.807, 2.05) is 10.6 Å². The van der Waals surface area contributed by atoms with Crippen LogP contribution in [0.15, 0.2) is 24.3 Å². The van der Waals surface area contributed by atoms with Crippen molar-refractivity contribution >= 4 is 109 Å². The topological polar surface area (TPSA) is 564 Å². The Morgan fingerprint density at radius 1 is 0.408 bits per heavy atom. The van der Waals surface area contributed by atoms with Crippen LogP contribution in [0.4, 0.5) is 8.90 Å². The molecule has 1 saturated heterocycles. The first-order valence-electron chi connectivity index (χ1n) is 33.5. The Kier molecular flexibility index (Phi) is 38.4. The maximum absolute atomic E-state index is 17.1. The van der Waals surface area contributed by atoms with Crippen molar-refractivity contribution in [3.05, 3.63) is 29.8 Å². The summed E-state index contributed by atoms with van der Waals surface area (Å²) < 4.78 is 17.1. The first-order chi connectivity index (χ1) is 48.0. The standard InChI is InChI=1S/C64H101FN12O25Si/c1-63(2,3)103(65,64(4,5)6)40-17-15-39(16-18-40)55(90)68-35-45(70-50(81)22-20-46(61(100)101)77-33-31-75(37-53(86)87)29-27-74(36-52(84)85)28-30-76(32-34-77)38-54(88)89)56(91)71-42(58(94)95)11-7-8-25-66-47(78)23-24-48(79)67-26-10-13-41(57(92)93)69-49(80)21-19-44(60(98)99)73-62(102)72-43(59(96)97)12-9-14-51(82)83/h15-18,41-46H,7-14,19-38H2,1-6H3,(H,66,78)(H,67,79)(H,68,90)(H,69,80)(H,70,81)(H,71,91)(H,82,83)(H,84,85)(H,86,87)(H,88,89)(H,92,93)(H,94,95)(H,96,97)(H,98,99)(H,100,101)(H2,72,73,102)/t41-,42-,43+,44+,45-,46-/m1/s1. The Labute approximate surface area is 594 Å². The summed E-state index contributed by atoms with van der Waals surface area (Å²) in [4.78, 5) is 205. The van der Waals surface area contributed by atoms with Crippen LogP contribution in [0.3, 0.4) is 0 Å². The zero-order chi connectivity index (χ0) is 78.0. The number of hydrogen-bond donors (Lipinski definition) is 17. The van der Waals surface area contributed by atoms with Gasteiger partial charge in [-0.2, -0.15) is 0 Å². The zero-order valence-electron chi connectivity index (χ0n) is 58.8. The number of carboxylic acid groups (broad SMARTS) is 9. The van der Waals surface area contributed by atoms with E-state index in [4.69, 9.17) is 5.11 Å². The molecule has 8 amide bonds. The molecule has 1 fully saturated rings. The lowest BCUT2D eigenvalue weighted by molar-refractivity contribution is -0.145. The third-order valence-electron chi connectivity index (χ3n) is 16.9. The number of amides is 8. The van der Waals surface area contributed by atoms with Gasteiger partial charge < -0.3 is 92.6 Å². The number of rotatable bonds is 44. The van der Waals surface area contributed by atoms with Crippen LogP contribution >= 0.6 is 0 Å². The van der Waals surface area contributed by atoms with Crippen LogP contribution < -0.4 is 47.7 Å². The van der Waals surface area contributed by atoms with Gasteiger partial charge in [0.2, 0.25) is 29.5 Å². The summed E-state index contributed by atoms with van der Waals surface area (Å²) in [6, 6.07) is -4.98. The second kappa shape index (κ2) is 44.1. The van der Waals surface area contributed by atoms with Crippen LogP contribution in [0.1, 0.15) is 142 Å². The maximum Gasteiger partial charge on any atom is 0.326 e. The molecule has 0 unspecified atom stereocenters. The minimum atomic E-state index is -3.77. The van der Waals surface area contributed by atoms with E-state index in [0.717, 1.165) is 0 Å². The van der Waals surface area contributed by atoms with Gasteiger partial charge in [-0.1, -0.05) is 53.7 Å². The highest BCUT2D eigenvalue weighted by Crippen LogP contribution is 2.51. The van der Waals surface area contributed by atoms with Crippen molar-refractivity contribution < 1.29 is 127 Å². The highest BCUT2D eigenvalue weighted by atomic mass is 28.4. The lowest BCUT2D eigenvalue weighted by atomic mass is 10.1. The molecule has 0 bridgehead atoms. The number of halogens is 1. The number of carbonyl (C=O) groups excluding carboxylic acids is 7. The molecular formula is C64H101FN12O25Si. The molecule has 0 saturated carbocycles. The third kappa shape index (κ3) is 33.9. The van der Waals surface area contributed by atoms with Gasteiger partial charge in [-0.05, 0) is 85.2 Å². The second-order valence-corrected chi connectivity index (χ2v) is 31.8. The largest absolute Gasteiger partial charge is 0.481 e. The molecule has 2 rings (SSSR count). The lowest BCUT2D eigenvalue weighted by Gasteiger charge is -2.44. The third-order valence-corrected chi connectivity index (χ3v) is 22.1. The molecule has 1 aromatic carbocycles. The van der Waals surface area contributed by atoms with Crippen molar-refractivity contribution in [2.45, 2.75) is 178 Å². The molecule has 0 radical (unpaired) electrons. The van der Waals surface area contributed by atoms with Gasteiger partial charge in [-0.25, -0.2) is 24.0 Å². The Morgan fingerprint density at radius 2 is 0.796 bits per heavy atom. The highest BCUT2D eigenvalue weighted by molar-refractivity contribution is 6.90. The number of nitrogens with zero attached hydrogens (tertiary/aromatic N) is 4. The minimum Gasteiger partial charge on any atom is -0.481 e. The van der Waals surface area contributed by atoms with Crippen LogP contribution in [0, 0.1) is 0 Å². The number of hydrogen-bond acceptors (Lipinski definition) is 20. The summed E-state index contributed by atoms with van der Waals surface area (Å²) in [7, 11) is -3.77. The number of benzene rings is 1. The SMILES string of the molecule is CC(C)(C)[Si](F)(c1ccc(C(=O)NC[C@@H](NC(=O)CC[C@H](C(=O)O)N2CCN(CC(=O)O)CCN(CC(=O)O)CCN(CC(=O)O)CC2)C(=O)N[C@H](CCCCNC(=O)CCC(=O)NCCC[C@@H](NC(=O)CC[C@H](NC(=O)N[C@@H](CCCC(=O)O)C(=O)O)C(=O)O)C(=O)O)C(=O)O)cc1)C(C)(C)C. The predicted octanol–water partition coefficient (Wildman–Crippen LogP) is -1.33. The average molecular weight is 1490 g/mol. The Bertz CT molecular complexity index is 3070. The number of carboxylic acids is 9. The average Bonchev–Trinajstić information content (AvgIpc) is 0.748. The lowest BCUT2D eigenvalue weighted by Crippen LogP contribution is -2.58. The highest BCUT2D eigenvalue weighted by Gasteiger charge is 2.56. The molecule has 0 spiro atoms. The molecule has 17 N–H and O–H groups in total. The van der Waals surface area contributed by atoms with Crippen molar-refractivity contribution in [1.29, 1.82) is 0 Å². The van der Waals surface area contributed by atoms with E-state index in [0.29, 0.717) is 5.19 Å². The van der Waals surface area contributed by atoms with Gasteiger partial charge in [0.1, 0.15) is 36.3 Å². The second-order valence-electron chi connectivity index (χ2n) is 26.9. The Morgan fingerprint density at radius 3 is 1.22 bits per heavy atom. The van der Waals surface area contributed by atoms with Crippen molar-refractivity contribution in [3.8, 4) is 0 Å². The van der Waals surface area contributed by atoms with Crippen molar-refractivity contribution in [3.63, 3.8) is 0 Å². The van der Waals surface area contributed by atoms with Gasteiger partial charge >= 0.3 is 59.8 Å². The summed E-state index contributed by atoms with van der Waals surface area (Å²) >= 11 is 0. The Hall–Kier alpha value is -9.47. The fraction of sp³-hybridized carbons (Fsp3) is 0.656. The van der Waals surface area contributed by atoms with E-state index in [1.54, 1.807) is 41.5 Å². The molecule has 1 aromatic rings. The fourth-order valence-corrected chi connectivity index (χ4v) is 16.2. The van der Waals surface area contributed by atoms with E-state index < -0.39 is 208 Å². The summed E-state index contributed by atoms with van der Waals surface area (Å²) in [5.74, 6) is -17.3. The quantitative estimate of drug-likeness (QED) is 0.0205. The first kappa shape index (κ1) is 89.6. The van der Waals surface area contributed by atoms with Gasteiger partial charge in [-0.15, -0.1) is 0 Å². The van der Waals surface area contributed by atoms with Crippen molar-refractivity contribution in [2.24, 2.45) is 0 Å². The molecule has 1 heterocycles. The normalized spacial score (nSPS) is 15.6. The van der Waals surface area contributed by atoms with E-state index in [2.05, 4.69) is 31.9 Å². The molecular weight excluding hydrogens is 1380 g/mol. The molecule has 0 aromatic heterocycles. The molecule has 37 nitrogen and oxygen atoms in total. The molecule has 103 heavy (non-hydrogen) atoms. The number of aliphatic carboxylic acids is 9. The van der Waals surface area contributed by atoms with E-state index in [1.165, 1.54) is 43.9 Å². The fourth-order valence-electron chi connectivity index (χ4n) is 11.6. The predicted molar refractivity (Wildman–Crippen MR) is 364 cm³/mol. The van der Waals surface area contributed by atoms with Gasteiger partial charge in [0.25, 0.3) is 14.3 Å². The Balaban J connectivity index is 2.14. The van der Waals surface area contributed by atoms with Crippen molar-refractivity contribution in [2.75, 3.05) is 91.6 Å². The summed E-state index contributed by atoms with van der Waals surface area (Å²) in [6.07, 6.45) is -3.85. The van der Waals surface area contributed by atoms with Gasteiger partial charge in [-0.3, -0.25) is 72.3 Å². The number of nitrogens with one attached hydrogen (secondary N) is 8. The monoisotopic (exact) mass is 1480 g/mol. The van der Waals surface area contributed by atoms with E-state index >= 15 is 4.11 Å². The van der Waals surface area contributed by atoms with E-state index in [-0.39, 0.29) is 129 Å². The maximum atomic E-state index is 17.1. The summed E-state index contributed by atoms with van der Waals surface area (Å²) in [5, 5.41) is 105. The molecule has 1 aliphatic rings.